The molecule has 1 aromatic carbocycles. The minimum absolute atomic E-state index is 0.0259. The van der Waals surface area contributed by atoms with Gasteiger partial charge in [0.05, 0.1) is 18.2 Å². The van der Waals surface area contributed by atoms with E-state index in [0.717, 1.165) is 5.56 Å². The minimum atomic E-state index is -0.490. The van der Waals surface area contributed by atoms with Crippen molar-refractivity contribution in [3.05, 3.63) is 34.6 Å². The second-order valence-corrected chi connectivity index (χ2v) is 7.30. The fourth-order valence-corrected chi connectivity index (χ4v) is 3.53. The van der Waals surface area contributed by atoms with Crippen molar-refractivity contribution in [3.8, 4) is 0 Å². The minimum Gasteiger partial charge on any atom is -0.370 e. The SMILES string of the molecule is CC(C)N1CC[C@@H](NC(=O)N2CCO[C@H](c3ccc(F)c(Cl)c3)C2)C1=O. The molecule has 2 aliphatic heterocycles. The summed E-state index contributed by atoms with van der Waals surface area (Å²) in [5.41, 5.74) is 0.719. The number of likely N-dealkylation sites (tertiary alicyclic amines) is 1. The second kappa shape index (κ2) is 7.80. The molecule has 3 amide bonds. The number of hydrogen-bond acceptors (Lipinski definition) is 3. The Morgan fingerprint density at radius 2 is 2.15 bits per heavy atom. The normalized spacial score (nSPS) is 23.7. The third kappa shape index (κ3) is 3.94. The van der Waals surface area contributed by atoms with Crippen LogP contribution in [-0.2, 0) is 9.53 Å². The summed E-state index contributed by atoms with van der Waals surface area (Å²) < 4.78 is 19.0. The summed E-state index contributed by atoms with van der Waals surface area (Å²) >= 11 is 5.83. The Balaban J connectivity index is 1.61. The van der Waals surface area contributed by atoms with Gasteiger partial charge >= 0.3 is 6.03 Å². The lowest BCUT2D eigenvalue weighted by Crippen LogP contribution is -2.52. The number of hydrogen-bond donors (Lipinski definition) is 1. The highest BCUT2D eigenvalue weighted by Crippen LogP contribution is 2.26. The van der Waals surface area contributed by atoms with Crippen LogP contribution in [0.25, 0.3) is 0 Å². The van der Waals surface area contributed by atoms with E-state index in [1.165, 1.54) is 12.1 Å². The maximum Gasteiger partial charge on any atom is 0.318 e. The lowest BCUT2D eigenvalue weighted by Gasteiger charge is -2.34. The Hall–Kier alpha value is -1.86. The molecule has 0 radical (unpaired) electrons. The molecule has 26 heavy (non-hydrogen) atoms. The largest absolute Gasteiger partial charge is 0.370 e. The van der Waals surface area contributed by atoms with E-state index in [2.05, 4.69) is 5.32 Å². The maximum absolute atomic E-state index is 13.3. The molecule has 2 fully saturated rings. The Morgan fingerprint density at radius 3 is 2.81 bits per heavy atom. The third-order valence-electron chi connectivity index (χ3n) is 4.83. The molecule has 1 aromatic rings. The molecule has 2 saturated heterocycles. The molecule has 0 spiro atoms. The van der Waals surface area contributed by atoms with Gasteiger partial charge in [0.15, 0.2) is 0 Å². The first-order valence-corrected chi connectivity index (χ1v) is 9.17. The maximum atomic E-state index is 13.3. The summed E-state index contributed by atoms with van der Waals surface area (Å²) in [6.45, 7) is 5.70. The van der Waals surface area contributed by atoms with Crippen molar-refractivity contribution in [1.82, 2.24) is 15.1 Å². The number of urea groups is 1. The number of carbonyl (C=O) groups is 2. The average molecular weight is 384 g/mol. The number of benzene rings is 1. The molecule has 0 aromatic heterocycles. The Morgan fingerprint density at radius 1 is 1.38 bits per heavy atom. The first kappa shape index (κ1) is 18.9. The summed E-state index contributed by atoms with van der Waals surface area (Å²) in [5.74, 6) is -0.529. The number of nitrogens with zero attached hydrogens (tertiary/aromatic N) is 2. The van der Waals surface area contributed by atoms with Crippen LogP contribution in [0.2, 0.25) is 5.02 Å². The highest BCUT2D eigenvalue weighted by molar-refractivity contribution is 6.30. The number of nitrogens with one attached hydrogen (secondary N) is 1. The predicted molar refractivity (Wildman–Crippen MR) is 95.5 cm³/mol. The Bertz CT molecular complexity index is 700. The summed E-state index contributed by atoms with van der Waals surface area (Å²) in [4.78, 5) is 28.3. The van der Waals surface area contributed by atoms with Gasteiger partial charge in [-0.25, -0.2) is 9.18 Å². The molecule has 3 rings (SSSR count). The molecule has 2 heterocycles. The molecular weight excluding hydrogens is 361 g/mol. The van der Waals surface area contributed by atoms with Crippen LogP contribution in [0.1, 0.15) is 31.9 Å². The highest BCUT2D eigenvalue weighted by atomic mass is 35.5. The fourth-order valence-electron chi connectivity index (χ4n) is 3.34. The van der Waals surface area contributed by atoms with Gasteiger partial charge in [-0.3, -0.25) is 4.79 Å². The Labute approximate surface area is 157 Å². The van der Waals surface area contributed by atoms with Crippen molar-refractivity contribution < 1.29 is 18.7 Å². The van der Waals surface area contributed by atoms with Gasteiger partial charge in [0.1, 0.15) is 18.0 Å². The third-order valence-corrected chi connectivity index (χ3v) is 5.12. The monoisotopic (exact) mass is 383 g/mol. The highest BCUT2D eigenvalue weighted by Gasteiger charge is 2.35. The van der Waals surface area contributed by atoms with E-state index in [-0.39, 0.29) is 29.1 Å². The molecule has 142 valence electrons. The quantitative estimate of drug-likeness (QED) is 0.872. The van der Waals surface area contributed by atoms with E-state index < -0.39 is 11.9 Å². The summed E-state index contributed by atoms with van der Waals surface area (Å²) in [7, 11) is 0. The molecule has 8 heteroatoms. The van der Waals surface area contributed by atoms with Crippen LogP contribution >= 0.6 is 11.6 Å². The number of ether oxygens (including phenoxy) is 1. The molecule has 2 aliphatic rings. The summed E-state index contributed by atoms with van der Waals surface area (Å²) in [5, 5.41) is 2.86. The zero-order valence-electron chi connectivity index (χ0n) is 14.9. The standard InChI is InChI=1S/C18H23ClFN3O3/c1-11(2)23-6-5-15(17(23)24)21-18(25)22-7-8-26-16(10-22)12-3-4-14(20)13(19)9-12/h3-4,9,11,15-16H,5-8,10H2,1-2H3,(H,21,25)/t15-,16+/m1/s1. The van der Waals surface area contributed by atoms with Gasteiger partial charge in [-0.1, -0.05) is 17.7 Å². The van der Waals surface area contributed by atoms with Gasteiger partial charge in [0.25, 0.3) is 0 Å². The van der Waals surface area contributed by atoms with Crippen LogP contribution in [0.3, 0.4) is 0 Å². The smallest absolute Gasteiger partial charge is 0.318 e. The lowest BCUT2D eigenvalue weighted by molar-refractivity contribution is -0.130. The van der Waals surface area contributed by atoms with Gasteiger partial charge in [-0.05, 0) is 38.0 Å². The topological polar surface area (TPSA) is 61.9 Å². The number of morpholine rings is 1. The first-order valence-electron chi connectivity index (χ1n) is 8.79. The van der Waals surface area contributed by atoms with Gasteiger partial charge in [-0.2, -0.15) is 0 Å². The van der Waals surface area contributed by atoms with E-state index in [1.807, 2.05) is 13.8 Å². The summed E-state index contributed by atoms with van der Waals surface area (Å²) in [6.07, 6.45) is 0.239. The molecule has 2 atom stereocenters. The van der Waals surface area contributed by atoms with E-state index in [4.69, 9.17) is 16.3 Å². The van der Waals surface area contributed by atoms with Crippen molar-refractivity contribution in [1.29, 1.82) is 0 Å². The van der Waals surface area contributed by atoms with E-state index >= 15 is 0 Å². The number of halogens is 2. The molecule has 0 saturated carbocycles. The number of carbonyl (C=O) groups excluding carboxylic acids is 2. The van der Waals surface area contributed by atoms with Crippen molar-refractivity contribution in [2.45, 2.75) is 38.5 Å². The predicted octanol–water partition coefficient (Wildman–Crippen LogP) is 2.57. The van der Waals surface area contributed by atoms with Gasteiger partial charge in [-0.15, -0.1) is 0 Å². The van der Waals surface area contributed by atoms with Crippen LogP contribution in [0.5, 0.6) is 0 Å². The number of rotatable bonds is 3. The molecule has 0 unspecified atom stereocenters. The second-order valence-electron chi connectivity index (χ2n) is 6.90. The van der Waals surface area contributed by atoms with Crippen LogP contribution in [0.15, 0.2) is 18.2 Å². The van der Waals surface area contributed by atoms with Gasteiger partial charge in [0.2, 0.25) is 5.91 Å². The van der Waals surface area contributed by atoms with Crippen molar-refractivity contribution in [2.75, 3.05) is 26.2 Å². The van der Waals surface area contributed by atoms with Crippen LogP contribution in [0.4, 0.5) is 9.18 Å². The molecule has 1 N–H and O–H groups in total. The average Bonchev–Trinajstić information content (AvgIpc) is 2.98. The van der Waals surface area contributed by atoms with Crippen LogP contribution in [0, 0.1) is 5.82 Å². The zero-order chi connectivity index (χ0) is 18.8. The van der Waals surface area contributed by atoms with E-state index in [0.29, 0.717) is 32.7 Å². The molecule has 0 aliphatic carbocycles. The van der Waals surface area contributed by atoms with E-state index in [9.17, 15) is 14.0 Å². The van der Waals surface area contributed by atoms with Crippen molar-refractivity contribution in [2.24, 2.45) is 0 Å². The molecular formula is C18H23ClFN3O3. The van der Waals surface area contributed by atoms with Crippen molar-refractivity contribution in [3.63, 3.8) is 0 Å². The molecule has 0 bridgehead atoms. The first-order chi connectivity index (χ1) is 12.4. The fraction of sp³-hybridized carbons (Fsp3) is 0.556. The lowest BCUT2D eigenvalue weighted by atomic mass is 10.1. The summed E-state index contributed by atoms with van der Waals surface area (Å²) in [6, 6.07) is 3.78. The van der Waals surface area contributed by atoms with Gasteiger partial charge in [0, 0.05) is 19.1 Å². The van der Waals surface area contributed by atoms with Gasteiger partial charge < -0.3 is 19.9 Å². The van der Waals surface area contributed by atoms with E-state index in [1.54, 1.807) is 15.9 Å². The van der Waals surface area contributed by atoms with Crippen LogP contribution < -0.4 is 5.32 Å². The van der Waals surface area contributed by atoms with Crippen LogP contribution in [-0.4, -0.2) is 60.1 Å². The molecule has 6 nitrogen and oxygen atoms in total. The van der Waals surface area contributed by atoms with Crippen molar-refractivity contribution >= 4 is 23.5 Å². The zero-order valence-corrected chi connectivity index (χ0v) is 15.6. The number of amides is 3. The Kier molecular flexibility index (Phi) is 5.67.